The van der Waals surface area contributed by atoms with E-state index in [9.17, 15) is 0 Å². The molecule has 0 fully saturated rings. The Labute approximate surface area is 56.5 Å². The van der Waals surface area contributed by atoms with Crippen molar-refractivity contribution >= 4 is 0 Å². The molecule has 0 amide bonds. The lowest BCUT2D eigenvalue weighted by Crippen LogP contribution is -1.98. The predicted octanol–water partition coefficient (Wildman–Crippen LogP) is 0.920. The topological polar surface area (TPSA) is 40.5 Å². The fourth-order valence-electron chi connectivity index (χ4n) is 0.728. The maximum atomic E-state index is 8.79. The fourth-order valence-corrected chi connectivity index (χ4v) is 0.728. The van der Waals surface area contributed by atoms with Gasteiger partial charge in [0.2, 0.25) is 0 Å². The normalized spacial score (nSPS) is 13.7. The third kappa shape index (κ3) is 7.92. The molecule has 0 heterocycles. The van der Waals surface area contributed by atoms with Crippen molar-refractivity contribution in [3.63, 3.8) is 0 Å². The zero-order chi connectivity index (χ0) is 7.11. The Morgan fingerprint density at radius 2 is 1.89 bits per heavy atom. The Balaban J connectivity index is 2.75. The zero-order valence-corrected chi connectivity index (χ0v) is 6.01. The minimum absolute atomic E-state index is 0.177. The van der Waals surface area contributed by atoms with Crippen molar-refractivity contribution in [1.82, 2.24) is 0 Å². The van der Waals surface area contributed by atoms with Crippen molar-refractivity contribution in [2.45, 2.75) is 38.7 Å². The van der Waals surface area contributed by atoms with Crippen LogP contribution in [0.1, 0.15) is 32.6 Å². The molecule has 0 aliphatic rings. The van der Waals surface area contributed by atoms with Crippen molar-refractivity contribution in [1.29, 1.82) is 0 Å². The second-order valence-corrected chi connectivity index (χ2v) is 2.42. The summed E-state index contributed by atoms with van der Waals surface area (Å²) in [6.45, 7) is 2.07. The molecule has 0 rings (SSSR count). The first-order valence-corrected chi connectivity index (χ1v) is 3.56. The molecule has 2 N–H and O–H groups in total. The van der Waals surface area contributed by atoms with E-state index in [2.05, 4.69) is 0 Å². The molecule has 0 aromatic rings. The van der Waals surface area contributed by atoms with Crippen LogP contribution in [0.15, 0.2) is 0 Å². The second kappa shape index (κ2) is 6.05. The van der Waals surface area contributed by atoms with Gasteiger partial charge < -0.3 is 10.2 Å². The van der Waals surface area contributed by atoms with Gasteiger partial charge in [-0.1, -0.05) is 12.8 Å². The molecule has 0 aromatic heterocycles. The summed E-state index contributed by atoms with van der Waals surface area (Å²) in [5.41, 5.74) is 0. The number of aliphatic hydroxyl groups excluding tert-OH is 2. The minimum Gasteiger partial charge on any atom is -0.396 e. The van der Waals surface area contributed by atoms with Crippen LogP contribution in [0, 0.1) is 0 Å². The molecule has 0 saturated carbocycles. The summed E-state index contributed by atoms with van der Waals surface area (Å²) >= 11 is 0. The Morgan fingerprint density at radius 1 is 1.22 bits per heavy atom. The molecule has 0 aliphatic heterocycles. The van der Waals surface area contributed by atoms with E-state index in [0.717, 1.165) is 25.7 Å². The van der Waals surface area contributed by atoms with E-state index in [-0.39, 0.29) is 12.7 Å². The summed E-state index contributed by atoms with van der Waals surface area (Å²) in [7, 11) is 0. The van der Waals surface area contributed by atoms with Crippen LogP contribution in [-0.4, -0.2) is 22.9 Å². The van der Waals surface area contributed by atoms with Gasteiger partial charge in [-0.2, -0.15) is 0 Å². The second-order valence-electron chi connectivity index (χ2n) is 2.42. The number of hydrogen-bond acceptors (Lipinski definition) is 2. The van der Waals surface area contributed by atoms with Crippen molar-refractivity contribution in [2.24, 2.45) is 0 Å². The number of aliphatic hydroxyl groups is 2. The van der Waals surface area contributed by atoms with Gasteiger partial charge in [-0.15, -0.1) is 0 Å². The molecule has 0 radical (unpaired) electrons. The maximum absolute atomic E-state index is 8.79. The molecule has 2 nitrogen and oxygen atoms in total. The van der Waals surface area contributed by atoms with Crippen LogP contribution in [0.25, 0.3) is 0 Å². The van der Waals surface area contributed by atoms with Gasteiger partial charge in [0.05, 0.1) is 6.10 Å². The smallest absolute Gasteiger partial charge is 0.0512 e. The van der Waals surface area contributed by atoms with Crippen LogP contribution in [0.4, 0.5) is 0 Å². The fraction of sp³-hybridized carbons (Fsp3) is 1.00. The molecule has 0 saturated heterocycles. The molecule has 2 heteroatoms. The molecule has 0 bridgehead atoms. The Kier molecular flexibility index (Phi) is 5.99. The highest BCUT2D eigenvalue weighted by Crippen LogP contribution is 2.01. The van der Waals surface area contributed by atoms with Crippen molar-refractivity contribution in [3.05, 3.63) is 0 Å². The van der Waals surface area contributed by atoms with E-state index in [4.69, 9.17) is 10.2 Å². The van der Waals surface area contributed by atoms with Gasteiger partial charge in [0.1, 0.15) is 0 Å². The average molecular weight is 132 g/mol. The Hall–Kier alpha value is -0.0800. The van der Waals surface area contributed by atoms with Crippen molar-refractivity contribution in [2.75, 3.05) is 6.61 Å². The highest BCUT2D eigenvalue weighted by Gasteiger charge is 1.93. The quantitative estimate of drug-likeness (QED) is 0.546. The van der Waals surface area contributed by atoms with Gasteiger partial charge in [-0.05, 0) is 19.8 Å². The zero-order valence-electron chi connectivity index (χ0n) is 6.01. The van der Waals surface area contributed by atoms with Gasteiger partial charge in [0.25, 0.3) is 0 Å². The van der Waals surface area contributed by atoms with Crippen LogP contribution in [-0.2, 0) is 0 Å². The van der Waals surface area contributed by atoms with Gasteiger partial charge in [0, 0.05) is 6.61 Å². The van der Waals surface area contributed by atoms with E-state index in [1.165, 1.54) is 0 Å². The van der Waals surface area contributed by atoms with E-state index < -0.39 is 0 Å². The first-order valence-electron chi connectivity index (χ1n) is 3.56. The molecule has 0 aliphatic carbocycles. The number of unbranched alkanes of at least 4 members (excludes halogenated alkanes) is 2. The Bertz CT molecular complexity index is 52.9. The molecule has 0 unspecified atom stereocenters. The van der Waals surface area contributed by atoms with Gasteiger partial charge in [-0.25, -0.2) is 0 Å². The van der Waals surface area contributed by atoms with Crippen LogP contribution < -0.4 is 0 Å². The summed E-state index contributed by atoms with van der Waals surface area (Å²) < 4.78 is 0. The first kappa shape index (κ1) is 8.92. The summed E-state index contributed by atoms with van der Waals surface area (Å²) in [5, 5.41) is 17.2. The lowest BCUT2D eigenvalue weighted by molar-refractivity contribution is 0.178. The molecular weight excluding hydrogens is 116 g/mol. The predicted molar refractivity (Wildman–Crippen MR) is 37.2 cm³/mol. The lowest BCUT2D eigenvalue weighted by atomic mass is 10.1. The SMILES string of the molecule is C[C@H](O)CCCCCO. The number of hydrogen-bond donors (Lipinski definition) is 2. The summed E-state index contributed by atoms with van der Waals surface area (Å²) in [4.78, 5) is 0. The monoisotopic (exact) mass is 132 g/mol. The minimum atomic E-state index is -0.177. The van der Waals surface area contributed by atoms with Gasteiger partial charge in [0.15, 0.2) is 0 Å². The van der Waals surface area contributed by atoms with Crippen molar-refractivity contribution < 1.29 is 10.2 Å². The number of rotatable bonds is 5. The molecule has 1 atom stereocenters. The summed E-state index contributed by atoms with van der Waals surface area (Å²) in [5.74, 6) is 0. The molecular formula is C7H16O2. The highest BCUT2D eigenvalue weighted by molar-refractivity contribution is 4.47. The lowest BCUT2D eigenvalue weighted by Gasteiger charge is -2.01. The molecule has 9 heavy (non-hydrogen) atoms. The van der Waals surface area contributed by atoms with E-state index in [1.807, 2.05) is 0 Å². The van der Waals surface area contributed by atoms with E-state index in [1.54, 1.807) is 6.92 Å². The first-order chi connectivity index (χ1) is 4.27. The van der Waals surface area contributed by atoms with E-state index >= 15 is 0 Å². The third-order valence-corrected chi connectivity index (χ3v) is 1.28. The van der Waals surface area contributed by atoms with Crippen LogP contribution in [0.5, 0.6) is 0 Å². The summed E-state index contributed by atoms with van der Waals surface area (Å²) in [6, 6.07) is 0. The molecule has 56 valence electrons. The standard InChI is InChI=1S/C7H16O2/c1-7(9)5-3-2-4-6-8/h7-9H,2-6H2,1H3/t7-/m0/s1. The van der Waals surface area contributed by atoms with Gasteiger partial charge >= 0.3 is 0 Å². The third-order valence-electron chi connectivity index (χ3n) is 1.28. The average Bonchev–Trinajstić information content (AvgIpc) is 1.80. The summed E-state index contributed by atoms with van der Waals surface area (Å²) in [6.07, 6.45) is 3.61. The molecule has 0 aromatic carbocycles. The van der Waals surface area contributed by atoms with Gasteiger partial charge in [-0.3, -0.25) is 0 Å². The van der Waals surface area contributed by atoms with Crippen molar-refractivity contribution in [3.8, 4) is 0 Å². The Morgan fingerprint density at radius 3 is 2.33 bits per heavy atom. The molecule has 0 spiro atoms. The maximum Gasteiger partial charge on any atom is 0.0512 e. The van der Waals surface area contributed by atoms with Crippen LogP contribution in [0.3, 0.4) is 0 Å². The van der Waals surface area contributed by atoms with E-state index in [0.29, 0.717) is 0 Å². The highest BCUT2D eigenvalue weighted by atomic mass is 16.3. The largest absolute Gasteiger partial charge is 0.396 e. The van der Waals surface area contributed by atoms with Crippen LogP contribution >= 0.6 is 0 Å². The van der Waals surface area contributed by atoms with Crippen LogP contribution in [0.2, 0.25) is 0 Å².